The first-order valence-electron chi connectivity index (χ1n) is 9.71. The Hall–Kier alpha value is -3.51. The topological polar surface area (TPSA) is 138 Å². The lowest BCUT2D eigenvalue weighted by Gasteiger charge is -2.23. The van der Waals surface area contributed by atoms with Crippen molar-refractivity contribution >= 4 is 43.3 Å². The average molecular weight is 490 g/mol. The van der Waals surface area contributed by atoms with Gasteiger partial charge < -0.3 is 5.32 Å². The smallest absolute Gasteiger partial charge is 0.264 e. The van der Waals surface area contributed by atoms with Crippen LogP contribution in [0.5, 0.6) is 0 Å². The molecular weight excluding hydrogens is 466 g/mol. The van der Waals surface area contributed by atoms with Gasteiger partial charge in [-0.2, -0.15) is 0 Å². The van der Waals surface area contributed by atoms with Gasteiger partial charge in [0.15, 0.2) is 0 Å². The molecule has 0 aliphatic heterocycles. The van der Waals surface area contributed by atoms with E-state index in [-0.39, 0.29) is 10.8 Å². The number of benzene rings is 2. The number of hydrogen-bond donors (Lipinski definition) is 2. The molecule has 2 N–H and O–H groups in total. The van der Waals surface area contributed by atoms with Crippen molar-refractivity contribution in [1.29, 1.82) is 0 Å². The zero-order chi connectivity index (χ0) is 24.2. The van der Waals surface area contributed by atoms with Crippen LogP contribution in [-0.2, 0) is 24.8 Å². The second kappa shape index (κ2) is 9.55. The van der Waals surface area contributed by atoms with Crippen LogP contribution >= 0.6 is 0 Å². The van der Waals surface area contributed by atoms with Gasteiger partial charge >= 0.3 is 0 Å². The molecule has 1 aromatic heterocycles. The molecule has 0 saturated heterocycles. The lowest BCUT2D eigenvalue weighted by Crippen LogP contribution is -2.37. The number of carbonyl (C=O) groups is 1. The van der Waals surface area contributed by atoms with Crippen LogP contribution in [0.3, 0.4) is 0 Å². The Bertz CT molecular complexity index is 1370. The Morgan fingerprint density at radius 2 is 1.64 bits per heavy atom. The van der Waals surface area contributed by atoms with Crippen molar-refractivity contribution in [3.63, 3.8) is 0 Å². The molecule has 10 nitrogen and oxygen atoms in total. The van der Waals surface area contributed by atoms with Gasteiger partial charge in [-0.15, -0.1) is 0 Å². The van der Waals surface area contributed by atoms with E-state index in [0.29, 0.717) is 22.6 Å². The van der Waals surface area contributed by atoms with Crippen LogP contribution < -0.4 is 14.3 Å². The molecule has 2 aromatic carbocycles. The summed E-state index contributed by atoms with van der Waals surface area (Å²) in [7, 11) is -7.64. The van der Waals surface area contributed by atoms with E-state index in [0.717, 1.165) is 10.6 Å². The molecule has 0 fully saturated rings. The minimum absolute atomic E-state index is 0.0514. The number of aryl methyl sites for hydroxylation is 2. The normalized spacial score (nSPS) is 11.6. The summed E-state index contributed by atoms with van der Waals surface area (Å²) in [4.78, 5) is 20.4. The van der Waals surface area contributed by atoms with Gasteiger partial charge in [-0.25, -0.2) is 31.5 Å². The van der Waals surface area contributed by atoms with E-state index in [1.54, 1.807) is 44.2 Å². The predicted octanol–water partition coefficient (Wildman–Crippen LogP) is 2.30. The molecule has 0 radical (unpaired) electrons. The fourth-order valence-corrected chi connectivity index (χ4v) is 4.81. The molecule has 0 bridgehead atoms. The number of nitrogens with one attached hydrogen (secondary N) is 2. The molecular formula is C21H23N5O5S2. The van der Waals surface area contributed by atoms with Gasteiger partial charge in [-0.05, 0) is 55.8 Å². The first-order chi connectivity index (χ1) is 15.5. The highest BCUT2D eigenvalue weighted by atomic mass is 32.2. The van der Waals surface area contributed by atoms with Crippen molar-refractivity contribution < 1.29 is 21.6 Å². The minimum Gasteiger partial charge on any atom is -0.325 e. The largest absolute Gasteiger partial charge is 0.325 e. The SMILES string of the molecule is Cc1ccnc(NS(=O)(=O)c2ccc(NC(=O)CN(c3ccccc3C)S(C)(=O)=O)cc2)n1. The quantitative estimate of drug-likeness (QED) is 0.495. The lowest BCUT2D eigenvalue weighted by atomic mass is 10.2. The van der Waals surface area contributed by atoms with Gasteiger partial charge in [0.25, 0.3) is 10.0 Å². The number of nitrogens with zero attached hydrogens (tertiary/aromatic N) is 3. The third-order valence-electron chi connectivity index (χ3n) is 4.54. The maximum Gasteiger partial charge on any atom is 0.264 e. The Morgan fingerprint density at radius 3 is 2.24 bits per heavy atom. The molecule has 3 rings (SSSR count). The Balaban J connectivity index is 1.72. The fraction of sp³-hybridized carbons (Fsp3) is 0.190. The van der Waals surface area contributed by atoms with Crippen LogP contribution in [0.4, 0.5) is 17.3 Å². The summed E-state index contributed by atoms with van der Waals surface area (Å²) in [6.07, 6.45) is 2.47. The van der Waals surface area contributed by atoms with E-state index in [1.807, 2.05) is 0 Å². The average Bonchev–Trinajstić information content (AvgIpc) is 2.72. The fourth-order valence-electron chi connectivity index (χ4n) is 2.95. The number of para-hydroxylation sites is 1. The second-order valence-electron chi connectivity index (χ2n) is 7.26. The number of aromatic nitrogens is 2. The lowest BCUT2D eigenvalue weighted by molar-refractivity contribution is -0.114. The first kappa shape index (κ1) is 24.1. The highest BCUT2D eigenvalue weighted by Crippen LogP contribution is 2.22. The van der Waals surface area contributed by atoms with E-state index < -0.39 is 32.5 Å². The molecule has 33 heavy (non-hydrogen) atoms. The Labute approximate surface area is 192 Å². The molecule has 1 heterocycles. The molecule has 0 saturated carbocycles. The van der Waals surface area contributed by atoms with E-state index in [1.165, 1.54) is 30.5 Å². The third-order valence-corrected chi connectivity index (χ3v) is 7.01. The minimum atomic E-state index is -3.93. The van der Waals surface area contributed by atoms with Gasteiger partial charge in [0, 0.05) is 17.6 Å². The summed E-state index contributed by atoms with van der Waals surface area (Å²) in [5, 5.41) is 2.58. The van der Waals surface area contributed by atoms with Crippen LogP contribution in [0.15, 0.2) is 65.7 Å². The maximum absolute atomic E-state index is 12.5. The van der Waals surface area contributed by atoms with Crippen molar-refractivity contribution in [2.75, 3.05) is 27.1 Å². The summed E-state index contributed by atoms with van der Waals surface area (Å²) < 4.78 is 52.9. The molecule has 0 atom stereocenters. The monoisotopic (exact) mass is 489 g/mol. The Morgan fingerprint density at radius 1 is 0.970 bits per heavy atom. The summed E-state index contributed by atoms with van der Waals surface area (Å²) in [6.45, 7) is 3.03. The molecule has 3 aromatic rings. The molecule has 0 unspecified atom stereocenters. The number of sulfonamides is 2. The van der Waals surface area contributed by atoms with Gasteiger partial charge in [0.2, 0.25) is 21.9 Å². The van der Waals surface area contributed by atoms with Crippen LogP contribution in [-0.4, -0.2) is 45.5 Å². The zero-order valence-electron chi connectivity index (χ0n) is 18.2. The zero-order valence-corrected chi connectivity index (χ0v) is 19.8. The van der Waals surface area contributed by atoms with Crippen molar-refractivity contribution in [1.82, 2.24) is 9.97 Å². The van der Waals surface area contributed by atoms with Crippen LogP contribution in [0.1, 0.15) is 11.3 Å². The number of amides is 1. The molecule has 1 amide bonds. The van der Waals surface area contributed by atoms with E-state index >= 15 is 0 Å². The molecule has 0 aliphatic carbocycles. The molecule has 174 valence electrons. The van der Waals surface area contributed by atoms with Gasteiger partial charge in [0.05, 0.1) is 16.8 Å². The second-order valence-corrected chi connectivity index (χ2v) is 10.8. The van der Waals surface area contributed by atoms with Crippen LogP contribution in [0.2, 0.25) is 0 Å². The van der Waals surface area contributed by atoms with Gasteiger partial charge in [-0.3, -0.25) is 9.10 Å². The van der Waals surface area contributed by atoms with Crippen LogP contribution in [0.25, 0.3) is 0 Å². The van der Waals surface area contributed by atoms with Crippen molar-refractivity contribution in [3.05, 3.63) is 72.1 Å². The van der Waals surface area contributed by atoms with Gasteiger partial charge in [-0.1, -0.05) is 18.2 Å². The van der Waals surface area contributed by atoms with Crippen LogP contribution in [0, 0.1) is 13.8 Å². The standard InChI is InChI=1S/C21H23N5O5S2/c1-15-6-4-5-7-19(15)26(32(3,28)29)14-20(27)24-17-8-10-18(11-9-17)33(30,31)25-21-22-13-12-16(2)23-21/h4-13H,14H2,1-3H3,(H,24,27)(H,22,23,25). The van der Waals surface area contributed by atoms with E-state index in [4.69, 9.17) is 0 Å². The number of carbonyl (C=O) groups excluding carboxylic acids is 1. The summed E-state index contributed by atoms with van der Waals surface area (Å²) in [5.74, 6) is -0.630. The first-order valence-corrected chi connectivity index (χ1v) is 13.0. The maximum atomic E-state index is 12.5. The Kier molecular flexibility index (Phi) is 6.98. The molecule has 12 heteroatoms. The predicted molar refractivity (Wildman–Crippen MR) is 126 cm³/mol. The number of rotatable bonds is 8. The number of hydrogen-bond acceptors (Lipinski definition) is 7. The van der Waals surface area contributed by atoms with Crippen molar-refractivity contribution in [2.45, 2.75) is 18.7 Å². The summed E-state index contributed by atoms with van der Waals surface area (Å²) in [5.41, 5.74) is 2.02. The van der Waals surface area contributed by atoms with Crippen molar-refractivity contribution in [3.8, 4) is 0 Å². The summed E-state index contributed by atoms with van der Waals surface area (Å²) >= 11 is 0. The molecule has 0 spiro atoms. The van der Waals surface area contributed by atoms with E-state index in [2.05, 4.69) is 20.0 Å². The highest BCUT2D eigenvalue weighted by molar-refractivity contribution is 7.92. The van der Waals surface area contributed by atoms with Gasteiger partial charge in [0.1, 0.15) is 6.54 Å². The highest BCUT2D eigenvalue weighted by Gasteiger charge is 2.22. The molecule has 0 aliphatic rings. The third kappa shape index (κ3) is 6.26. The van der Waals surface area contributed by atoms with E-state index in [9.17, 15) is 21.6 Å². The number of anilines is 3. The van der Waals surface area contributed by atoms with Crippen molar-refractivity contribution in [2.24, 2.45) is 0 Å². The summed E-state index contributed by atoms with van der Waals surface area (Å²) in [6, 6.07) is 13.9.